The summed E-state index contributed by atoms with van der Waals surface area (Å²) in [5.41, 5.74) is 4.31. The molecule has 2 aromatic rings. The molecule has 18 heavy (non-hydrogen) atoms. The molecule has 0 unspecified atom stereocenters. The molecule has 0 amide bonds. The summed E-state index contributed by atoms with van der Waals surface area (Å²) in [5, 5.41) is 4.36. The van der Waals surface area contributed by atoms with E-state index in [1.807, 2.05) is 19.2 Å². The van der Waals surface area contributed by atoms with Crippen LogP contribution in [-0.2, 0) is 17.8 Å². The smallest absolute Gasteiger partial charge is 0.145 e. The molecule has 0 saturated heterocycles. The van der Waals surface area contributed by atoms with Crippen molar-refractivity contribution in [1.29, 1.82) is 0 Å². The van der Waals surface area contributed by atoms with Gasteiger partial charge in [0, 0.05) is 24.4 Å². The number of fused-ring (bicyclic) bond motifs is 2. The quantitative estimate of drug-likeness (QED) is 0.880. The molecule has 2 heterocycles. The maximum atomic E-state index is 5.53. The molecule has 1 aromatic heterocycles. The van der Waals surface area contributed by atoms with Crippen molar-refractivity contribution in [3.63, 3.8) is 0 Å². The van der Waals surface area contributed by atoms with Crippen molar-refractivity contribution in [2.24, 2.45) is 0 Å². The Morgan fingerprint density at radius 2 is 2.28 bits per heavy atom. The molecule has 1 aliphatic heterocycles. The van der Waals surface area contributed by atoms with Gasteiger partial charge in [-0.05, 0) is 6.07 Å². The van der Waals surface area contributed by atoms with Crippen LogP contribution in [0.15, 0.2) is 18.2 Å². The second kappa shape index (κ2) is 4.46. The van der Waals surface area contributed by atoms with E-state index in [1.165, 1.54) is 5.56 Å². The number of hydrogen-bond acceptors (Lipinski definition) is 4. The van der Waals surface area contributed by atoms with E-state index in [4.69, 9.17) is 14.5 Å². The van der Waals surface area contributed by atoms with Gasteiger partial charge >= 0.3 is 0 Å². The van der Waals surface area contributed by atoms with E-state index in [-0.39, 0.29) is 0 Å². The fraction of sp³-hybridized carbons (Fsp3) is 0.357. The number of anilines is 1. The van der Waals surface area contributed by atoms with E-state index < -0.39 is 0 Å². The summed E-state index contributed by atoms with van der Waals surface area (Å²) in [6.07, 6.45) is 0.859. The predicted molar refractivity (Wildman–Crippen MR) is 71.2 cm³/mol. The monoisotopic (exact) mass is 244 g/mol. The maximum absolute atomic E-state index is 5.53. The van der Waals surface area contributed by atoms with Crippen LogP contribution in [-0.4, -0.2) is 25.7 Å². The molecule has 0 saturated carbocycles. The Morgan fingerprint density at radius 3 is 3.06 bits per heavy atom. The highest BCUT2D eigenvalue weighted by Crippen LogP contribution is 2.34. The second-order valence-corrected chi connectivity index (χ2v) is 4.32. The zero-order valence-corrected chi connectivity index (χ0v) is 10.6. The Balaban J connectivity index is 2.36. The summed E-state index contributed by atoms with van der Waals surface area (Å²) in [6.45, 7) is 1.37. The fourth-order valence-corrected chi connectivity index (χ4v) is 2.50. The third kappa shape index (κ3) is 1.61. The third-order valence-corrected chi connectivity index (χ3v) is 3.36. The third-order valence-electron chi connectivity index (χ3n) is 3.36. The lowest BCUT2D eigenvalue weighted by atomic mass is 10.0. The number of ether oxygens (including phenoxy) is 2. The lowest BCUT2D eigenvalue weighted by Crippen LogP contribution is -2.14. The highest BCUT2D eigenvalue weighted by atomic mass is 16.5. The Kier molecular flexibility index (Phi) is 2.80. The van der Waals surface area contributed by atoms with Crippen molar-refractivity contribution >= 4 is 16.6 Å². The van der Waals surface area contributed by atoms with Gasteiger partial charge in [0.25, 0.3) is 0 Å². The number of pyridine rings is 1. The molecule has 0 fully saturated rings. The number of hydrogen-bond donors (Lipinski definition) is 1. The number of para-hydroxylation sites is 1. The summed E-state index contributed by atoms with van der Waals surface area (Å²) in [7, 11) is 3.61. The summed E-state index contributed by atoms with van der Waals surface area (Å²) < 4.78 is 10.9. The molecule has 0 spiro atoms. The molecule has 4 nitrogen and oxygen atoms in total. The van der Waals surface area contributed by atoms with Gasteiger partial charge in [-0.3, -0.25) is 0 Å². The highest BCUT2D eigenvalue weighted by Gasteiger charge is 2.19. The van der Waals surface area contributed by atoms with Gasteiger partial charge in [-0.15, -0.1) is 0 Å². The van der Waals surface area contributed by atoms with Gasteiger partial charge in [0.15, 0.2) is 0 Å². The lowest BCUT2D eigenvalue weighted by Gasteiger charge is -2.21. The van der Waals surface area contributed by atoms with Gasteiger partial charge in [-0.1, -0.05) is 12.1 Å². The molecule has 0 aliphatic carbocycles. The van der Waals surface area contributed by atoms with Gasteiger partial charge in [0.1, 0.15) is 11.3 Å². The van der Waals surface area contributed by atoms with Crippen molar-refractivity contribution in [2.45, 2.75) is 13.0 Å². The molecule has 0 atom stereocenters. The van der Waals surface area contributed by atoms with Crippen LogP contribution in [0.4, 0.5) is 5.69 Å². The van der Waals surface area contributed by atoms with Crippen LogP contribution in [0.25, 0.3) is 10.9 Å². The number of nitrogens with zero attached hydrogens (tertiary/aromatic N) is 1. The zero-order chi connectivity index (χ0) is 12.5. The molecule has 3 rings (SSSR count). The fourth-order valence-electron chi connectivity index (χ4n) is 2.50. The minimum atomic E-state index is 0.631. The summed E-state index contributed by atoms with van der Waals surface area (Å²) >= 11 is 0. The van der Waals surface area contributed by atoms with Crippen LogP contribution >= 0.6 is 0 Å². The molecule has 0 bridgehead atoms. The van der Waals surface area contributed by atoms with Crippen LogP contribution in [0.1, 0.15) is 11.3 Å². The largest absolute Gasteiger partial charge is 0.494 e. The van der Waals surface area contributed by atoms with Gasteiger partial charge < -0.3 is 14.8 Å². The Bertz CT molecular complexity index is 596. The maximum Gasteiger partial charge on any atom is 0.145 e. The normalized spacial score (nSPS) is 14.3. The van der Waals surface area contributed by atoms with E-state index in [0.717, 1.165) is 41.1 Å². The SMILES string of the molecule is CNc1c2c(nc3c(OC)cccc13)CCOC2. The molecule has 94 valence electrons. The first-order valence-electron chi connectivity index (χ1n) is 6.09. The summed E-state index contributed by atoms with van der Waals surface area (Å²) in [6, 6.07) is 5.99. The van der Waals surface area contributed by atoms with Crippen LogP contribution in [0.5, 0.6) is 5.75 Å². The molecule has 0 radical (unpaired) electrons. The van der Waals surface area contributed by atoms with Crippen molar-refractivity contribution in [1.82, 2.24) is 4.98 Å². The van der Waals surface area contributed by atoms with Crippen molar-refractivity contribution in [3.05, 3.63) is 29.5 Å². The summed E-state index contributed by atoms with van der Waals surface area (Å²) in [4.78, 5) is 4.75. The number of aromatic nitrogens is 1. The van der Waals surface area contributed by atoms with Crippen LogP contribution in [0.2, 0.25) is 0 Å². The first-order chi connectivity index (χ1) is 8.85. The van der Waals surface area contributed by atoms with Crippen LogP contribution in [0, 0.1) is 0 Å². The van der Waals surface area contributed by atoms with E-state index in [0.29, 0.717) is 6.61 Å². The molecular weight excluding hydrogens is 228 g/mol. The molecule has 1 aromatic carbocycles. The number of rotatable bonds is 2. The van der Waals surface area contributed by atoms with Crippen molar-refractivity contribution < 1.29 is 9.47 Å². The van der Waals surface area contributed by atoms with Crippen LogP contribution < -0.4 is 10.1 Å². The second-order valence-electron chi connectivity index (χ2n) is 4.32. The van der Waals surface area contributed by atoms with Crippen molar-refractivity contribution in [2.75, 3.05) is 26.1 Å². The standard InChI is InChI=1S/C14H16N2O2/c1-15-13-9-4-3-5-12(17-2)14(9)16-11-6-7-18-8-10(11)13/h3-5H,6-8H2,1-2H3,(H,15,16). The minimum absolute atomic E-state index is 0.631. The number of nitrogens with one attached hydrogen (secondary N) is 1. The lowest BCUT2D eigenvalue weighted by molar-refractivity contribution is 0.110. The first-order valence-corrected chi connectivity index (χ1v) is 6.09. The van der Waals surface area contributed by atoms with Gasteiger partial charge in [-0.2, -0.15) is 0 Å². The molecular formula is C14H16N2O2. The minimum Gasteiger partial charge on any atom is -0.494 e. The van der Waals surface area contributed by atoms with Gasteiger partial charge in [0.2, 0.25) is 0 Å². The Hall–Kier alpha value is -1.81. The highest BCUT2D eigenvalue weighted by molar-refractivity contribution is 5.96. The van der Waals surface area contributed by atoms with Crippen LogP contribution in [0.3, 0.4) is 0 Å². The van der Waals surface area contributed by atoms with E-state index >= 15 is 0 Å². The number of methoxy groups -OCH3 is 1. The van der Waals surface area contributed by atoms with Gasteiger partial charge in [0.05, 0.1) is 31.7 Å². The summed E-state index contributed by atoms with van der Waals surface area (Å²) in [5.74, 6) is 0.818. The Labute approximate surface area is 106 Å². The topological polar surface area (TPSA) is 43.4 Å². The average molecular weight is 244 g/mol. The first kappa shape index (κ1) is 11.3. The Morgan fingerprint density at radius 1 is 1.39 bits per heavy atom. The average Bonchev–Trinajstić information content (AvgIpc) is 2.44. The van der Waals surface area contributed by atoms with Crippen molar-refractivity contribution in [3.8, 4) is 5.75 Å². The predicted octanol–water partition coefficient (Wildman–Crippen LogP) is 2.36. The van der Waals surface area contributed by atoms with E-state index in [2.05, 4.69) is 11.4 Å². The number of benzene rings is 1. The molecule has 4 heteroatoms. The van der Waals surface area contributed by atoms with E-state index in [9.17, 15) is 0 Å². The van der Waals surface area contributed by atoms with Gasteiger partial charge in [-0.25, -0.2) is 4.98 Å². The molecule has 1 N–H and O–H groups in total. The van der Waals surface area contributed by atoms with E-state index in [1.54, 1.807) is 7.11 Å². The zero-order valence-electron chi connectivity index (χ0n) is 10.6. The molecule has 1 aliphatic rings.